The molecule has 0 spiro atoms. The molecule has 0 unspecified atom stereocenters. The van der Waals surface area contributed by atoms with Gasteiger partial charge in [0.25, 0.3) is 5.22 Å². The van der Waals surface area contributed by atoms with Gasteiger partial charge in [0.05, 0.1) is 5.75 Å². The van der Waals surface area contributed by atoms with Gasteiger partial charge < -0.3 is 15.5 Å². The van der Waals surface area contributed by atoms with Crippen molar-refractivity contribution in [2.45, 2.75) is 19.1 Å². The number of amides is 1. The van der Waals surface area contributed by atoms with Crippen LogP contribution < -0.4 is 11.1 Å². The molecule has 2 aromatic rings. The topological polar surface area (TPSA) is 94.0 Å². The molecular weight excluding hydrogens is 264 g/mol. The molecule has 6 nitrogen and oxygen atoms in total. The summed E-state index contributed by atoms with van der Waals surface area (Å²) in [5.41, 5.74) is 8.00. The maximum absolute atomic E-state index is 11.8. The van der Waals surface area contributed by atoms with Gasteiger partial charge in [0, 0.05) is 18.3 Å². The zero-order valence-electron chi connectivity index (χ0n) is 10.6. The molecule has 2 rings (SSSR count). The third kappa shape index (κ3) is 3.72. The molecule has 1 heterocycles. The summed E-state index contributed by atoms with van der Waals surface area (Å²) >= 11 is 1.20. The number of nitrogen functional groups attached to an aromatic ring is 1. The van der Waals surface area contributed by atoms with Crippen LogP contribution in [0, 0.1) is 13.8 Å². The highest BCUT2D eigenvalue weighted by Gasteiger charge is 2.09. The van der Waals surface area contributed by atoms with E-state index in [4.69, 9.17) is 10.2 Å². The van der Waals surface area contributed by atoms with Crippen molar-refractivity contribution in [2.24, 2.45) is 0 Å². The minimum Gasteiger partial charge on any atom is -0.416 e. The number of nitrogens with two attached hydrogens (primary N) is 1. The maximum atomic E-state index is 11.8. The van der Waals surface area contributed by atoms with Crippen LogP contribution in [-0.4, -0.2) is 21.9 Å². The quantitative estimate of drug-likeness (QED) is 0.656. The summed E-state index contributed by atoms with van der Waals surface area (Å²) in [5.74, 6) is 0.567. The Morgan fingerprint density at radius 2 is 2.21 bits per heavy atom. The lowest BCUT2D eigenvalue weighted by molar-refractivity contribution is -0.113. The molecule has 0 aliphatic heterocycles. The first-order chi connectivity index (χ1) is 9.04. The number of aryl methyl sites for hydroxylation is 2. The van der Waals surface area contributed by atoms with Gasteiger partial charge in [-0.2, -0.15) is 0 Å². The van der Waals surface area contributed by atoms with Gasteiger partial charge in [0.2, 0.25) is 11.8 Å². The van der Waals surface area contributed by atoms with E-state index in [9.17, 15) is 4.79 Å². The minimum atomic E-state index is -0.131. The summed E-state index contributed by atoms with van der Waals surface area (Å²) in [6.07, 6.45) is 0. The number of carbonyl (C=O) groups excluding carboxylic acids is 1. The number of hydrogen-bond donors (Lipinski definition) is 2. The van der Waals surface area contributed by atoms with Crippen LogP contribution in [0.5, 0.6) is 0 Å². The van der Waals surface area contributed by atoms with Crippen molar-refractivity contribution in [3.63, 3.8) is 0 Å². The minimum absolute atomic E-state index is 0.131. The second kappa shape index (κ2) is 5.75. The van der Waals surface area contributed by atoms with E-state index >= 15 is 0 Å². The van der Waals surface area contributed by atoms with Crippen molar-refractivity contribution in [1.29, 1.82) is 0 Å². The molecule has 1 aromatic heterocycles. The molecule has 0 atom stereocenters. The van der Waals surface area contributed by atoms with E-state index in [0.717, 1.165) is 11.3 Å². The summed E-state index contributed by atoms with van der Waals surface area (Å²) in [5, 5.41) is 10.7. The van der Waals surface area contributed by atoms with E-state index in [1.165, 1.54) is 11.8 Å². The molecule has 0 aliphatic carbocycles. The molecule has 3 N–H and O–H groups in total. The molecule has 7 heteroatoms. The number of rotatable bonds is 4. The molecule has 100 valence electrons. The Morgan fingerprint density at radius 3 is 2.84 bits per heavy atom. The van der Waals surface area contributed by atoms with E-state index in [1.807, 2.05) is 13.0 Å². The Labute approximate surface area is 114 Å². The number of nitrogens with zero attached hydrogens (tertiary/aromatic N) is 2. The van der Waals surface area contributed by atoms with Crippen molar-refractivity contribution < 1.29 is 9.21 Å². The highest BCUT2D eigenvalue weighted by Crippen LogP contribution is 2.19. The van der Waals surface area contributed by atoms with E-state index in [-0.39, 0.29) is 11.7 Å². The van der Waals surface area contributed by atoms with Crippen LogP contribution in [0.1, 0.15) is 11.5 Å². The van der Waals surface area contributed by atoms with Crippen molar-refractivity contribution in [2.75, 3.05) is 16.8 Å². The van der Waals surface area contributed by atoms with Crippen molar-refractivity contribution in [3.05, 3.63) is 29.7 Å². The first-order valence-corrected chi connectivity index (χ1v) is 6.62. The predicted octanol–water partition coefficient (Wildman–Crippen LogP) is 2.00. The summed E-state index contributed by atoms with van der Waals surface area (Å²) < 4.78 is 5.17. The lowest BCUT2D eigenvalue weighted by Gasteiger charge is -2.08. The monoisotopic (exact) mass is 278 g/mol. The van der Waals surface area contributed by atoms with Crippen molar-refractivity contribution in [1.82, 2.24) is 10.2 Å². The fraction of sp³-hybridized carbons (Fsp3) is 0.250. The lowest BCUT2D eigenvalue weighted by Crippen LogP contribution is -2.14. The Bertz CT molecular complexity index is 597. The number of thioether (sulfide) groups is 1. The number of nitrogens with one attached hydrogen (secondary N) is 1. The molecule has 0 bridgehead atoms. The number of carbonyl (C=O) groups is 1. The van der Waals surface area contributed by atoms with Crippen LogP contribution in [0.2, 0.25) is 0 Å². The molecule has 0 fully saturated rings. The number of anilines is 2. The van der Waals surface area contributed by atoms with Gasteiger partial charge >= 0.3 is 0 Å². The van der Waals surface area contributed by atoms with Crippen LogP contribution in [-0.2, 0) is 4.79 Å². The Kier molecular flexibility index (Phi) is 4.06. The number of aromatic nitrogens is 2. The fourth-order valence-electron chi connectivity index (χ4n) is 1.48. The van der Waals surface area contributed by atoms with Gasteiger partial charge in [-0.25, -0.2) is 0 Å². The summed E-state index contributed by atoms with van der Waals surface area (Å²) in [4.78, 5) is 11.8. The summed E-state index contributed by atoms with van der Waals surface area (Å²) in [6, 6.07) is 5.34. The van der Waals surface area contributed by atoms with Crippen molar-refractivity contribution >= 4 is 29.0 Å². The van der Waals surface area contributed by atoms with Gasteiger partial charge in [-0.1, -0.05) is 11.8 Å². The molecule has 19 heavy (non-hydrogen) atoms. The second-order valence-corrected chi connectivity index (χ2v) is 4.92. The average Bonchev–Trinajstić information content (AvgIpc) is 2.76. The third-order valence-electron chi connectivity index (χ3n) is 2.36. The molecule has 0 saturated heterocycles. The van der Waals surface area contributed by atoms with Crippen LogP contribution in [0.3, 0.4) is 0 Å². The number of benzene rings is 1. The van der Waals surface area contributed by atoms with Crippen molar-refractivity contribution in [3.8, 4) is 0 Å². The lowest BCUT2D eigenvalue weighted by atomic mass is 10.2. The normalized spacial score (nSPS) is 10.4. The SMILES string of the molecule is Cc1nnc(SCC(=O)Nc2ccc(N)cc2C)o1. The zero-order valence-corrected chi connectivity index (χ0v) is 11.5. The molecule has 1 aromatic carbocycles. The van der Waals surface area contributed by atoms with Gasteiger partial charge in [-0.05, 0) is 30.7 Å². The summed E-state index contributed by atoms with van der Waals surface area (Å²) in [7, 11) is 0. The molecule has 0 saturated carbocycles. The van der Waals surface area contributed by atoms with Gasteiger partial charge in [-0.15, -0.1) is 10.2 Å². The Hall–Kier alpha value is -2.02. The molecular formula is C12H14N4O2S. The standard InChI is InChI=1S/C12H14N4O2S/c1-7-5-9(13)3-4-10(7)14-11(17)6-19-12-16-15-8(2)18-12/h3-5H,6,13H2,1-2H3,(H,14,17). The van der Waals surface area contributed by atoms with E-state index in [0.29, 0.717) is 16.8 Å². The fourth-order valence-corrected chi connectivity index (χ4v) is 2.08. The maximum Gasteiger partial charge on any atom is 0.277 e. The Morgan fingerprint density at radius 1 is 1.42 bits per heavy atom. The highest BCUT2D eigenvalue weighted by molar-refractivity contribution is 7.99. The van der Waals surface area contributed by atoms with Gasteiger partial charge in [-0.3, -0.25) is 4.79 Å². The van der Waals surface area contributed by atoms with Crippen LogP contribution in [0.25, 0.3) is 0 Å². The summed E-state index contributed by atoms with van der Waals surface area (Å²) in [6.45, 7) is 3.59. The van der Waals surface area contributed by atoms with Crippen LogP contribution in [0.15, 0.2) is 27.8 Å². The Balaban J connectivity index is 1.90. The first-order valence-electron chi connectivity index (χ1n) is 5.63. The third-order valence-corrected chi connectivity index (χ3v) is 3.18. The first kappa shape index (κ1) is 13.4. The van der Waals surface area contributed by atoms with Gasteiger partial charge in [0.1, 0.15) is 0 Å². The smallest absolute Gasteiger partial charge is 0.277 e. The van der Waals surface area contributed by atoms with Crippen LogP contribution >= 0.6 is 11.8 Å². The highest BCUT2D eigenvalue weighted by atomic mass is 32.2. The zero-order chi connectivity index (χ0) is 13.8. The molecule has 1 amide bonds. The average molecular weight is 278 g/mol. The molecule has 0 aliphatic rings. The predicted molar refractivity (Wildman–Crippen MR) is 74.0 cm³/mol. The van der Waals surface area contributed by atoms with E-state index < -0.39 is 0 Å². The van der Waals surface area contributed by atoms with E-state index in [1.54, 1.807) is 19.1 Å². The van der Waals surface area contributed by atoms with Gasteiger partial charge in [0.15, 0.2) is 0 Å². The largest absolute Gasteiger partial charge is 0.416 e. The van der Waals surface area contributed by atoms with E-state index in [2.05, 4.69) is 15.5 Å². The second-order valence-electron chi connectivity index (χ2n) is 4.00. The van der Waals surface area contributed by atoms with Crippen LogP contribution in [0.4, 0.5) is 11.4 Å². The molecule has 0 radical (unpaired) electrons. The number of hydrogen-bond acceptors (Lipinski definition) is 6.